The Kier molecular flexibility index (Phi) is 4.40. The van der Waals surface area contributed by atoms with Gasteiger partial charge in [0.15, 0.2) is 5.13 Å². The van der Waals surface area contributed by atoms with Crippen molar-refractivity contribution in [2.45, 2.75) is 51.6 Å². The molecular formula is C13H23N3S. The number of anilines is 1. The van der Waals surface area contributed by atoms with Crippen molar-refractivity contribution in [3.05, 3.63) is 11.1 Å². The highest BCUT2D eigenvalue weighted by atomic mass is 32.1. The lowest BCUT2D eigenvalue weighted by Gasteiger charge is -2.34. The lowest BCUT2D eigenvalue weighted by molar-refractivity contribution is 0.313. The molecule has 1 aromatic heterocycles. The van der Waals surface area contributed by atoms with Crippen LogP contribution in [0.25, 0.3) is 0 Å². The van der Waals surface area contributed by atoms with Crippen LogP contribution in [0.3, 0.4) is 0 Å². The van der Waals surface area contributed by atoms with Gasteiger partial charge in [0.2, 0.25) is 0 Å². The Morgan fingerprint density at radius 2 is 2.12 bits per heavy atom. The summed E-state index contributed by atoms with van der Waals surface area (Å²) in [6.07, 6.45) is 8.62. The van der Waals surface area contributed by atoms with Gasteiger partial charge >= 0.3 is 0 Å². The fourth-order valence-electron chi connectivity index (χ4n) is 2.65. The predicted octanol–water partition coefficient (Wildman–Crippen LogP) is 3.01. The normalized spacial score (nSPS) is 24.9. The molecule has 96 valence electrons. The van der Waals surface area contributed by atoms with Gasteiger partial charge in [0.1, 0.15) is 0 Å². The van der Waals surface area contributed by atoms with Crippen LogP contribution < -0.4 is 10.6 Å². The third kappa shape index (κ3) is 2.99. The Labute approximate surface area is 108 Å². The first-order chi connectivity index (χ1) is 8.24. The summed E-state index contributed by atoms with van der Waals surface area (Å²) in [6.45, 7) is 2.91. The smallest absolute Gasteiger partial charge is 0.185 e. The molecule has 3 nitrogen and oxygen atoms in total. The van der Waals surface area contributed by atoms with Crippen LogP contribution in [0, 0.1) is 5.92 Å². The van der Waals surface area contributed by atoms with Crippen molar-refractivity contribution in [1.82, 2.24) is 4.98 Å². The average molecular weight is 253 g/mol. The van der Waals surface area contributed by atoms with Gasteiger partial charge in [0.25, 0.3) is 0 Å². The molecule has 1 aromatic rings. The van der Waals surface area contributed by atoms with E-state index in [0.29, 0.717) is 12.6 Å². The molecule has 0 aliphatic heterocycles. The van der Waals surface area contributed by atoms with Crippen LogP contribution >= 0.6 is 11.3 Å². The van der Waals surface area contributed by atoms with Gasteiger partial charge < -0.3 is 10.6 Å². The fraction of sp³-hybridized carbons (Fsp3) is 0.769. The minimum atomic E-state index is 0.605. The first-order valence-corrected chi connectivity index (χ1v) is 7.43. The predicted molar refractivity (Wildman–Crippen MR) is 74.4 cm³/mol. The molecule has 0 aromatic carbocycles. The fourth-order valence-corrected chi connectivity index (χ4v) is 3.47. The molecule has 0 atom stereocenters. The summed E-state index contributed by atoms with van der Waals surface area (Å²) in [5.74, 6) is 0.954. The minimum absolute atomic E-state index is 0.605. The summed E-state index contributed by atoms with van der Waals surface area (Å²) < 4.78 is 0. The van der Waals surface area contributed by atoms with E-state index in [0.717, 1.165) is 11.0 Å². The number of nitrogens with zero attached hydrogens (tertiary/aromatic N) is 2. The maximum absolute atomic E-state index is 5.63. The number of aromatic nitrogens is 1. The average Bonchev–Trinajstić information content (AvgIpc) is 2.87. The standard InChI is InChI=1S/C13H23N3S/c1-3-10-4-6-11(7-5-10)16(2)13-15-9-12(8-14)17-13/h9-11H,3-8,14H2,1-2H3. The molecule has 0 unspecified atom stereocenters. The third-order valence-electron chi connectivity index (χ3n) is 3.99. The number of nitrogens with two attached hydrogens (primary N) is 1. The Bertz CT molecular complexity index is 342. The molecule has 0 spiro atoms. The molecule has 0 bridgehead atoms. The van der Waals surface area contributed by atoms with E-state index in [1.54, 1.807) is 11.3 Å². The van der Waals surface area contributed by atoms with Gasteiger partial charge in [-0.15, -0.1) is 11.3 Å². The van der Waals surface area contributed by atoms with Gasteiger partial charge in [-0.3, -0.25) is 0 Å². The lowest BCUT2D eigenvalue weighted by Crippen LogP contribution is -2.35. The quantitative estimate of drug-likeness (QED) is 0.897. The zero-order chi connectivity index (χ0) is 12.3. The van der Waals surface area contributed by atoms with Crippen molar-refractivity contribution in [1.29, 1.82) is 0 Å². The van der Waals surface area contributed by atoms with Crippen LogP contribution in [0.1, 0.15) is 43.9 Å². The number of thiazole rings is 1. The molecule has 0 radical (unpaired) electrons. The first kappa shape index (κ1) is 12.8. The first-order valence-electron chi connectivity index (χ1n) is 6.62. The topological polar surface area (TPSA) is 42.2 Å². The number of hydrogen-bond donors (Lipinski definition) is 1. The Morgan fingerprint density at radius 1 is 1.41 bits per heavy atom. The summed E-state index contributed by atoms with van der Waals surface area (Å²) in [6, 6.07) is 0.676. The lowest BCUT2D eigenvalue weighted by atomic mass is 9.84. The summed E-state index contributed by atoms with van der Waals surface area (Å²) in [4.78, 5) is 8.00. The van der Waals surface area contributed by atoms with Crippen LogP contribution in [0.15, 0.2) is 6.20 Å². The molecule has 1 saturated carbocycles. The van der Waals surface area contributed by atoms with E-state index < -0.39 is 0 Å². The van der Waals surface area contributed by atoms with Gasteiger partial charge in [0, 0.05) is 30.7 Å². The molecule has 4 heteroatoms. The molecule has 0 saturated heterocycles. The highest BCUT2D eigenvalue weighted by Crippen LogP contribution is 2.32. The van der Waals surface area contributed by atoms with Gasteiger partial charge in [0.05, 0.1) is 0 Å². The maximum Gasteiger partial charge on any atom is 0.185 e. The molecule has 17 heavy (non-hydrogen) atoms. The molecule has 1 aliphatic rings. The second-order valence-corrected chi connectivity index (χ2v) is 6.10. The highest BCUT2D eigenvalue weighted by Gasteiger charge is 2.24. The molecule has 1 fully saturated rings. The molecular weight excluding hydrogens is 230 g/mol. The van der Waals surface area contributed by atoms with Gasteiger partial charge in [-0.05, 0) is 31.6 Å². The monoisotopic (exact) mass is 253 g/mol. The van der Waals surface area contributed by atoms with E-state index in [1.165, 1.54) is 37.0 Å². The second kappa shape index (κ2) is 5.83. The number of hydrogen-bond acceptors (Lipinski definition) is 4. The van der Waals surface area contributed by atoms with Crippen molar-refractivity contribution in [2.75, 3.05) is 11.9 Å². The summed E-state index contributed by atoms with van der Waals surface area (Å²) in [5, 5.41) is 1.13. The van der Waals surface area contributed by atoms with Crippen molar-refractivity contribution in [2.24, 2.45) is 11.7 Å². The summed E-state index contributed by atoms with van der Waals surface area (Å²) >= 11 is 1.73. The third-order valence-corrected chi connectivity index (χ3v) is 5.10. The summed E-state index contributed by atoms with van der Waals surface area (Å²) in [7, 11) is 2.18. The largest absolute Gasteiger partial charge is 0.348 e. The van der Waals surface area contributed by atoms with Gasteiger partial charge in [-0.25, -0.2) is 4.98 Å². The van der Waals surface area contributed by atoms with Crippen molar-refractivity contribution in [3.63, 3.8) is 0 Å². The van der Waals surface area contributed by atoms with Crippen molar-refractivity contribution in [3.8, 4) is 0 Å². The molecule has 0 amide bonds. The van der Waals surface area contributed by atoms with Crippen LogP contribution in [0.5, 0.6) is 0 Å². The van der Waals surface area contributed by atoms with Crippen LogP contribution in [-0.2, 0) is 6.54 Å². The highest BCUT2D eigenvalue weighted by molar-refractivity contribution is 7.15. The summed E-state index contributed by atoms with van der Waals surface area (Å²) in [5.41, 5.74) is 5.63. The zero-order valence-corrected chi connectivity index (χ0v) is 11.7. The van der Waals surface area contributed by atoms with E-state index in [1.807, 2.05) is 6.20 Å². The van der Waals surface area contributed by atoms with E-state index in [2.05, 4.69) is 23.9 Å². The Morgan fingerprint density at radius 3 is 2.65 bits per heavy atom. The maximum atomic E-state index is 5.63. The van der Waals surface area contributed by atoms with Crippen LogP contribution in [0.2, 0.25) is 0 Å². The van der Waals surface area contributed by atoms with E-state index in [4.69, 9.17) is 5.73 Å². The SMILES string of the molecule is CCC1CCC(N(C)c2ncc(CN)s2)CC1. The molecule has 2 rings (SSSR count). The van der Waals surface area contributed by atoms with Crippen molar-refractivity contribution < 1.29 is 0 Å². The molecule has 1 aliphatic carbocycles. The van der Waals surface area contributed by atoms with E-state index >= 15 is 0 Å². The van der Waals surface area contributed by atoms with E-state index in [9.17, 15) is 0 Å². The number of rotatable bonds is 4. The van der Waals surface area contributed by atoms with Crippen LogP contribution in [-0.4, -0.2) is 18.1 Å². The molecule has 1 heterocycles. The van der Waals surface area contributed by atoms with Gasteiger partial charge in [-0.1, -0.05) is 13.3 Å². The van der Waals surface area contributed by atoms with Crippen molar-refractivity contribution >= 4 is 16.5 Å². The Balaban J connectivity index is 1.94. The minimum Gasteiger partial charge on any atom is -0.348 e. The van der Waals surface area contributed by atoms with Gasteiger partial charge in [-0.2, -0.15) is 0 Å². The van der Waals surface area contributed by atoms with E-state index in [-0.39, 0.29) is 0 Å². The Hall–Kier alpha value is -0.610. The van der Waals surface area contributed by atoms with Crippen LogP contribution in [0.4, 0.5) is 5.13 Å². The molecule has 2 N–H and O–H groups in total. The zero-order valence-electron chi connectivity index (χ0n) is 10.9. The second-order valence-electron chi connectivity index (χ2n) is 5.01.